The Morgan fingerprint density at radius 1 is 1.38 bits per heavy atom. The minimum atomic E-state index is -3.63. The molecule has 118 valence electrons. The van der Waals surface area contributed by atoms with Gasteiger partial charge in [0.2, 0.25) is 10.0 Å². The Balaban J connectivity index is 2.15. The van der Waals surface area contributed by atoms with E-state index in [1.165, 1.54) is 6.42 Å². The minimum absolute atomic E-state index is 0.101. The average molecular weight is 441 g/mol. The van der Waals surface area contributed by atoms with E-state index in [4.69, 9.17) is 5.73 Å². The predicted molar refractivity (Wildman–Crippen MR) is 91.7 cm³/mol. The van der Waals surface area contributed by atoms with E-state index < -0.39 is 10.0 Å². The highest BCUT2D eigenvalue weighted by Gasteiger charge is 2.25. The maximum absolute atomic E-state index is 12.5. The Labute approximate surface area is 142 Å². The highest BCUT2D eigenvalue weighted by Crippen LogP contribution is 2.31. The predicted octanol–water partition coefficient (Wildman–Crippen LogP) is 2.56. The van der Waals surface area contributed by atoms with Gasteiger partial charge in [-0.05, 0) is 54.5 Å². The van der Waals surface area contributed by atoms with E-state index in [9.17, 15) is 8.42 Å². The molecule has 1 aliphatic heterocycles. The van der Waals surface area contributed by atoms with E-state index in [0.29, 0.717) is 11.0 Å². The molecule has 8 heteroatoms. The molecule has 3 N–H and O–H groups in total. The summed E-state index contributed by atoms with van der Waals surface area (Å²) in [4.78, 5) is 2.30. The topological polar surface area (TPSA) is 75.4 Å². The van der Waals surface area contributed by atoms with E-state index in [1.54, 1.807) is 12.1 Å². The van der Waals surface area contributed by atoms with Crippen LogP contribution in [0.3, 0.4) is 0 Å². The highest BCUT2D eigenvalue weighted by molar-refractivity contribution is 9.11. The van der Waals surface area contributed by atoms with Gasteiger partial charge in [0.1, 0.15) is 4.90 Å². The van der Waals surface area contributed by atoms with Crippen LogP contribution < -0.4 is 10.5 Å². The van der Waals surface area contributed by atoms with Crippen LogP contribution in [0.4, 0.5) is 5.69 Å². The standard InChI is InChI=1S/C13H19Br2N3O2S/c1-18-5-3-2-4-10(18)8-17-21(19,20)13-11(15)6-9(14)7-12(13)16/h6-7,10,17H,2-5,8,16H2,1H3. The number of likely N-dealkylation sites (tertiary alicyclic amines) is 1. The molecule has 0 aromatic heterocycles. The fraction of sp³-hybridized carbons (Fsp3) is 0.538. The third-order valence-corrected chi connectivity index (χ3v) is 6.62. The number of nitrogens with one attached hydrogen (secondary N) is 1. The van der Waals surface area contributed by atoms with E-state index in [-0.39, 0.29) is 16.6 Å². The van der Waals surface area contributed by atoms with Crippen LogP contribution in [0.5, 0.6) is 0 Å². The molecule has 1 unspecified atom stereocenters. The van der Waals surface area contributed by atoms with Crippen LogP contribution in [0.2, 0.25) is 0 Å². The van der Waals surface area contributed by atoms with Crippen molar-refractivity contribution in [1.29, 1.82) is 0 Å². The number of piperidine rings is 1. The lowest BCUT2D eigenvalue weighted by atomic mass is 10.0. The lowest BCUT2D eigenvalue weighted by Crippen LogP contribution is -2.44. The van der Waals surface area contributed by atoms with E-state index in [1.807, 2.05) is 7.05 Å². The number of anilines is 1. The van der Waals surface area contributed by atoms with Gasteiger partial charge in [0.05, 0.1) is 5.69 Å². The molecule has 1 aromatic carbocycles. The molecule has 0 saturated carbocycles. The summed E-state index contributed by atoms with van der Waals surface area (Å²) in [5, 5.41) is 0. The van der Waals surface area contributed by atoms with Crippen LogP contribution in [-0.2, 0) is 10.0 Å². The first kappa shape index (κ1) is 17.2. The molecule has 0 radical (unpaired) electrons. The van der Waals surface area contributed by atoms with Gasteiger partial charge in [0.15, 0.2) is 0 Å². The molecular weight excluding hydrogens is 422 g/mol. The van der Waals surface area contributed by atoms with Crippen molar-refractivity contribution < 1.29 is 8.42 Å². The number of nitrogens with zero attached hydrogens (tertiary/aromatic N) is 1. The van der Waals surface area contributed by atoms with E-state index in [2.05, 4.69) is 41.5 Å². The van der Waals surface area contributed by atoms with Gasteiger partial charge >= 0.3 is 0 Å². The normalized spacial score (nSPS) is 20.6. The Morgan fingerprint density at radius 2 is 2.10 bits per heavy atom. The zero-order chi connectivity index (χ0) is 15.6. The molecule has 1 heterocycles. The van der Waals surface area contributed by atoms with E-state index in [0.717, 1.165) is 23.9 Å². The molecule has 1 fully saturated rings. The van der Waals surface area contributed by atoms with Crippen molar-refractivity contribution in [2.45, 2.75) is 30.2 Å². The van der Waals surface area contributed by atoms with Gasteiger partial charge < -0.3 is 10.6 Å². The van der Waals surface area contributed by atoms with Crippen LogP contribution in [0.15, 0.2) is 26.0 Å². The Bertz CT molecular complexity index is 599. The smallest absolute Gasteiger partial charge is 0.243 e. The summed E-state index contributed by atoms with van der Waals surface area (Å²) in [6.07, 6.45) is 3.32. The van der Waals surface area contributed by atoms with Gasteiger partial charge in [-0.25, -0.2) is 13.1 Å². The summed E-state index contributed by atoms with van der Waals surface area (Å²) in [5.74, 6) is 0. The van der Waals surface area contributed by atoms with Crippen LogP contribution in [0.25, 0.3) is 0 Å². The van der Waals surface area contributed by atoms with Crippen LogP contribution in [-0.4, -0.2) is 39.5 Å². The third kappa shape index (κ3) is 4.19. The van der Waals surface area contributed by atoms with Gasteiger partial charge in [-0.1, -0.05) is 22.4 Å². The van der Waals surface area contributed by atoms with Crippen molar-refractivity contribution in [3.63, 3.8) is 0 Å². The number of nitrogen functional groups attached to an aromatic ring is 1. The zero-order valence-corrected chi connectivity index (χ0v) is 15.8. The number of rotatable bonds is 4. The quantitative estimate of drug-likeness (QED) is 0.705. The molecule has 0 spiro atoms. The second-order valence-electron chi connectivity index (χ2n) is 5.29. The summed E-state index contributed by atoms with van der Waals surface area (Å²) in [6.45, 7) is 1.41. The number of nitrogens with two attached hydrogens (primary N) is 1. The second-order valence-corrected chi connectivity index (χ2v) is 8.76. The van der Waals surface area contributed by atoms with Crippen LogP contribution >= 0.6 is 31.9 Å². The number of hydrogen-bond acceptors (Lipinski definition) is 4. The summed E-state index contributed by atoms with van der Waals surface area (Å²) in [5.41, 5.74) is 6.08. The molecule has 1 aliphatic rings. The number of sulfonamides is 1. The van der Waals surface area contributed by atoms with Crippen molar-refractivity contribution in [3.8, 4) is 0 Å². The molecule has 0 aliphatic carbocycles. The van der Waals surface area contributed by atoms with Gasteiger partial charge in [0.25, 0.3) is 0 Å². The Morgan fingerprint density at radius 3 is 2.71 bits per heavy atom. The molecule has 0 amide bonds. The van der Waals surface area contributed by atoms with Crippen LogP contribution in [0, 0.1) is 0 Å². The fourth-order valence-electron chi connectivity index (χ4n) is 2.54. The van der Waals surface area contributed by atoms with Gasteiger partial charge in [-0.3, -0.25) is 0 Å². The first-order valence-electron chi connectivity index (χ1n) is 6.75. The van der Waals surface area contributed by atoms with Crippen molar-refractivity contribution in [2.24, 2.45) is 0 Å². The summed E-state index contributed by atoms with van der Waals surface area (Å²) < 4.78 is 28.8. The molecule has 21 heavy (non-hydrogen) atoms. The fourth-order valence-corrected chi connectivity index (χ4v) is 5.68. The first-order valence-corrected chi connectivity index (χ1v) is 9.82. The average Bonchev–Trinajstić information content (AvgIpc) is 2.36. The number of benzene rings is 1. The monoisotopic (exact) mass is 439 g/mol. The number of likely N-dealkylation sites (N-methyl/N-ethyl adjacent to an activating group) is 1. The molecule has 2 rings (SSSR count). The SMILES string of the molecule is CN1CCCCC1CNS(=O)(=O)c1c(N)cc(Br)cc1Br. The van der Waals surface area contributed by atoms with Gasteiger partial charge in [-0.15, -0.1) is 0 Å². The minimum Gasteiger partial charge on any atom is -0.398 e. The Kier molecular flexibility index (Phi) is 5.70. The summed E-state index contributed by atoms with van der Waals surface area (Å²) in [6, 6.07) is 3.51. The molecule has 1 atom stereocenters. The van der Waals surface area contributed by atoms with Crippen LogP contribution in [0.1, 0.15) is 19.3 Å². The maximum Gasteiger partial charge on any atom is 0.243 e. The molecular formula is C13H19Br2N3O2S. The van der Waals surface area contributed by atoms with Crippen molar-refractivity contribution in [3.05, 3.63) is 21.1 Å². The summed E-state index contributed by atoms with van der Waals surface area (Å²) in [7, 11) is -1.60. The second kappa shape index (κ2) is 6.95. The van der Waals surface area contributed by atoms with Gasteiger partial charge in [-0.2, -0.15) is 0 Å². The maximum atomic E-state index is 12.5. The lowest BCUT2D eigenvalue weighted by molar-refractivity contribution is 0.187. The first-order chi connectivity index (χ1) is 9.81. The largest absolute Gasteiger partial charge is 0.398 e. The Hall–Kier alpha value is -0.150. The van der Waals surface area contributed by atoms with Crippen molar-refractivity contribution in [2.75, 3.05) is 25.9 Å². The zero-order valence-electron chi connectivity index (χ0n) is 11.8. The number of halogens is 2. The van der Waals surface area contributed by atoms with Gasteiger partial charge in [0, 0.05) is 21.5 Å². The third-order valence-electron chi connectivity index (χ3n) is 3.74. The molecule has 1 saturated heterocycles. The van der Waals surface area contributed by atoms with Crippen molar-refractivity contribution >= 4 is 47.6 Å². The molecule has 5 nitrogen and oxygen atoms in total. The highest BCUT2D eigenvalue weighted by atomic mass is 79.9. The lowest BCUT2D eigenvalue weighted by Gasteiger charge is -2.32. The number of hydrogen-bond donors (Lipinski definition) is 2. The van der Waals surface area contributed by atoms with E-state index >= 15 is 0 Å². The van der Waals surface area contributed by atoms with Crippen molar-refractivity contribution in [1.82, 2.24) is 9.62 Å². The molecule has 0 bridgehead atoms. The summed E-state index contributed by atoms with van der Waals surface area (Å²) >= 11 is 6.56. The molecule has 1 aromatic rings.